The zero-order valence-corrected chi connectivity index (χ0v) is 13.0. The Labute approximate surface area is 130 Å². The molecule has 0 aromatic carbocycles. The highest BCUT2D eigenvalue weighted by molar-refractivity contribution is 5.86. The van der Waals surface area contributed by atoms with Gasteiger partial charge in [0.15, 0.2) is 0 Å². The van der Waals surface area contributed by atoms with E-state index in [4.69, 9.17) is 9.84 Å². The Balaban J connectivity index is 2.33. The second-order valence-corrected chi connectivity index (χ2v) is 5.36. The number of urea groups is 1. The van der Waals surface area contributed by atoms with Crippen LogP contribution in [-0.4, -0.2) is 67.3 Å². The number of methoxy groups -OCH3 is 1. The number of aliphatic carboxylic acids is 1. The van der Waals surface area contributed by atoms with Crippen molar-refractivity contribution in [3.05, 3.63) is 0 Å². The SMILES string of the molecule is COCCN(CC(=O)O)C(=O)CNC(=O)NC1CCCCC1. The molecule has 0 unspecified atom stereocenters. The molecule has 3 amide bonds. The van der Waals surface area contributed by atoms with Crippen LogP contribution < -0.4 is 10.6 Å². The zero-order chi connectivity index (χ0) is 16.4. The van der Waals surface area contributed by atoms with Gasteiger partial charge >= 0.3 is 12.0 Å². The smallest absolute Gasteiger partial charge is 0.323 e. The minimum Gasteiger partial charge on any atom is -0.480 e. The van der Waals surface area contributed by atoms with E-state index < -0.39 is 18.4 Å². The van der Waals surface area contributed by atoms with E-state index in [1.807, 2.05) is 0 Å². The van der Waals surface area contributed by atoms with Gasteiger partial charge in [-0.2, -0.15) is 0 Å². The van der Waals surface area contributed by atoms with E-state index in [0.717, 1.165) is 30.6 Å². The van der Waals surface area contributed by atoms with Crippen LogP contribution in [0.5, 0.6) is 0 Å². The molecule has 0 atom stereocenters. The molecule has 3 N–H and O–H groups in total. The third-order valence-electron chi connectivity index (χ3n) is 3.58. The minimum atomic E-state index is -1.10. The Bertz CT molecular complexity index is 383. The highest BCUT2D eigenvalue weighted by Gasteiger charge is 2.19. The third-order valence-corrected chi connectivity index (χ3v) is 3.58. The van der Waals surface area contributed by atoms with Crippen molar-refractivity contribution in [1.29, 1.82) is 0 Å². The first-order valence-corrected chi connectivity index (χ1v) is 7.55. The Hall–Kier alpha value is -1.83. The molecule has 0 saturated heterocycles. The predicted molar refractivity (Wildman–Crippen MR) is 79.5 cm³/mol. The van der Waals surface area contributed by atoms with Gasteiger partial charge in [0.05, 0.1) is 13.2 Å². The van der Waals surface area contributed by atoms with Crippen LogP contribution in [0.2, 0.25) is 0 Å². The van der Waals surface area contributed by atoms with Gasteiger partial charge in [-0.3, -0.25) is 9.59 Å². The van der Waals surface area contributed by atoms with Gasteiger partial charge in [0.1, 0.15) is 6.54 Å². The maximum Gasteiger partial charge on any atom is 0.323 e. The van der Waals surface area contributed by atoms with E-state index in [-0.39, 0.29) is 31.8 Å². The van der Waals surface area contributed by atoms with Crippen LogP contribution in [0.15, 0.2) is 0 Å². The van der Waals surface area contributed by atoms with Crippen molar-refractivity contribution < 1.29 is 24.2 Å². The number of carboxylic acids is 1. The van der Waals surface area contributed by atoms with Crippen molar-refractivity contribution in [2.75, 3.05) is 33.4 Å². The number of carbonyl (C=O) groups excluding carboxylic acids is 2. The largest absolute Gasteiger partial charge is 0.480 e. The van der Waals surface area contributed by atoms with Crippen molar-refractivity contribution in [2.45, 2.75) is 38.1 Å². The molecule has 8 nitrogen and oxygen atoms in total. The normalized spacial score (nSPS) is 15.1. The molecule has 1 aliphatic carbocycles. The van der Waals surface area contributed by atoms with Crippen LogP contribution in [0.3, 0.4) is 0 Å². The molecule has 0 aliphatic heterocycles. The molecule has 1 aliphatic rings. The molecule has 0 radical (unpaired) electrons. The number of rotatable bonds is 8. The van der Waals surface area contributed by atoms with Gasteiger partial charge in [0.25, 0.3) is 0 Å². The monoisotopic (exact) mass is 315 g/mol. The fraction of sp³-hybridized carbons (Fsp3) is 0.786. The van der Waals surface area contributed by atoms with Crippen molar-refractivity contribution >= 4 is 17.9 Å². The number of ether oxygens (including phenoxy) is 1. The summed E-state index contributed by atoms with van der Waals surface area (Å²) in [5.41, 5.74) is 0. The second-order valence-electron chi connectivity index (χ2n) is 5.36. The quantitative estimate of drug-likeness (QED) is 0.592. The summed E-state index contributed by atoms with van der Waals surface area (Å²) in [6, 6.07) is -0.227. The Kier molecular flexibility index (Phi) is 8.27. The first-order chi connectivity index (χ1) is 10.5. The van der Waals surface area contributed by atoms with Gasteiger partial charge in [0.2, 0.25) is 5.91 Å². The number of nitrogens with zero attached hydrogens (tertiary/aromatic N) is 1. The second kappa shape index (κ2) is 9.99. The van der Waals surface area contributed by atoms with Crippen LogP contribution in [-0.2, 0) is 14.3 Å². The molecular weight excluding hydrogens is 290 g/mol. The molecule has 0 bridgehead atoms. The van der Waals surface area contributed by atoms with Crippen molar-refractivity contribution in [2.24, 2.45) is 0 Å². The number of nitrogens with one attached hydrogen (secondary N) is 2. The third kappa shape index (κ3) is 7.26. The Morgan fingerprint density at radius 1 is 1.23 bits per heavy atom. The van der Waals surface area contributed by atoms with Gasteiger partial charge in [0, 0.05) is 19.7 Å². The average molecular weight is 315 g/mol. The van der Waals surface area contributed by atoms with Gasteiger partial charge in [-0.25, -0.2) is 4.79 Å². The lowest BCUT2D eigenvalue weighted by atomic mass is 9.96. The van der Waals surface area contributed by atoms with Gasteiger partial charge in [-0.15, -0.1) is 0 Å². The maximum absolute atomic E-state index is 11.9. The zero-order valence-electron chi connectivity index (χ0n) is 13.0. The lowest BCUT2D eigenvalue weighted by Crippen LogP contribution is -2.48. The summed E-state index contributed by atoms with van der Waals surface area (Å²) in [4.78, 5) is 35.6. The fourth-order valence-electron chi connectivity index (χ4n) is 2.41. The van der Waals surface area contributed by atoms with Crippen LogP contribution in [0.1, 0.15) is 32.1 Å². The molecule has 0 heterocycles. The molecule has 8 heteroatoms. The van der Waals surface area contributed by atoms with Crippen molar-refractivity contribution in [3.8, 4) is 0 Å². The Morgan fingerprint density at radius 3 is 2.50 bits per heavy atom. The summed E-state index contributed by atoms with van der Waals surface area (Å²) in [5, 5.41) is 14.1. The molecule has 1 fully saturated rings. The number of amides is 3. The van der Waals surface area contributed by atoms with E-state index in [1.165, 1.54) is 13.5 Å². The maximum atomic E-state index is 11.9. The highest BCUT2D eigenvalue weighted by Crippen LogP contribution is 2.17. The molecule has 1 saturated carbocycles. The molecule has 1 rings (SSSR count). The summed E-state index contributed by atoms with van der Waals surface area (Å²) in [5.74, 6) is -1.55. The van der Waals surface area contributed by atoms with Crippen LogP contribution >= 0.6 is 0 Å². The van der Waals surface area contributed by atoms with E-state index in [2.05, 4.69) is 10.6 Å². The van der Waals surface area contributed by atoms with Crippen LogP contribution in [0.25, 0.3) is 0 Å². The van der Waals surface area contributed by atoms with E-state index >= 15 is 0 Å². The van der Waals surface area contributed by atoms with E-state index in [9.17, 15) is 14.4 Å². The summed E-state index contributed by atoms with van der Waals surface area (Å²) in [6.07, 6.45) is 5.32. The lowest BCUT2D eigenvalue weighted by molar-refractivity contribution is -0.144. The first kappa shape index (κ1) is 18.2. The minimum absolute atomic E-state index is 0.160. The van der Waals surface area contributed by atoms with Crippen molar-refractivity contribution in [3.63, 3.8) is 0 Å². The fourth-order valence-corrected chi connectivity index (χ4v) is 2.41. The first-order valence-electron chi connectivity index (χ1n) is 7.55. The average Bonchev–Trinajstić information content (AvgIpc) is 2.49. The highest BCUT2D eigenvalue weighted by atomic mass is 16.5. The summed E-state index contributed by atoms with van der Waals surface area (Å²) in [6.45, 7) is -0.218. The number of hydrogen-bond donors (Lipinski definition) is 3. The standard InChI is InChI=1S/C14H25N3O5/c1-22-8-7-17(10-13(19)20)12(18)9-15-14(21)16-11-5-3-2-4-6-11/h11H,2-10H2,1H3,(H,19,20)(H2,15,16,21). The molecule has 0 spiro atoms. The summed E-state index contributed by atoms with van der Waals surface area (Å²) >= 11 is 0. The predicted octanol–water partition coefficient (Wildman–Crippen LogP) is 0.178. The van der Waals surface area contributed by atoms with Crippen LogP contribution in [0, 0.1) is 0 Å². The Morgan fingerprint density at radius 2 is 1.91 bits per heavy atom. The van der Waals surface area contributed by atoms with Gasteiger partial charge < -0.3 is 25.4 Å². The molecule has 22 heavy (non-hydrogen) atoms. The molecule has 0 aromatic rings. The number of hydrogen-bond acceptors (Lipinski definition) is 4. The van der Waals surface area contributed by atoms with Gasteiger partial charge in [-0.1, -0.05) is 19.3 Å². The number of carbonyl (C=O) groups is 3. The van der Waals surface area contributed by atoms with Crippen LogP contribution in [0.4, 0.5) is 4.79 Å². The topological polar surface area (TPSA) is 108 Å². The van der Waals surface area contributed by atoms with E-state index in [0.29, 0.717) is 0 Å². The number of carboxylic acid groups (broad SMARTS) is 1. The molecule has 126 valence electrons. The molecular formula is C14H25N3O5. The summed E-state index contributed by atoms with van der Waals surface area (Å²) in [7, 11) is 1.47. The lowest BCUT2D eigenvalue weighted by Gasteiger charge is -2.24. The summed E-state index contributed by atoms with van der Waals surface area (Å²) < 4.78 is 4.84. The van der Waals surface area contributed by atoms with E-state index in [1.54, 1.807) is 0 Å². The van der Waals surface area contributed by atoms with Crippen molar-refractivity contribution in [1.82, 2.24) is 15.5 Å². The van der Waals surface area contributed by atoms with Gasteiger partial charge in [-0.05, 0) is 12.8 Å². The molecule has 0 aromatic heterocycles.